The third kappa shape index (κ3) is 4.06. The van der Waals surface area contributed by atoms with E-state index in [1.165, 1.54) is 32.1 Å². The largest absolute Gasteiger partial charge is 0.441 e. The zero-order valence-corrected chi connectivity index (χ0v) is 12.5. The summed E-state index contributed by atoms with van der Waals surface area (Å²) in [5.74, 6) is 0.708. The Hall–Kier alpha value is -1.36. The smallest absolute Gasteiger partial charge is 0.307 e. The molecule has 116 valence electrons. The van der Waals surface area contributed by atoms with Crippen LogP contribution >= 0.6 is 0 Å². The molecule has 0 unspecified atom stereocenters. The topological polar surface area (TPSA) is 64.4 Å². The molecule has 1 aromatic heterocycles. The molecule has 2 heterocycles. The fraction of sp³-hybridized carbons (Fsp3) is 0.750. The van der Waals surface area contributed by atoms with Crippen molar-refractivity contribution in [3.8, 4) is 0 Å². The van der Waals surface area contributed by atoms with Gasteiger partial charge >= 0.3 is 5.91 Å². The van der Waals surface area contributed by atoms with E-state index in [1.54, 1.807) is 6.26 Å². The van der Waals surface area contributed by atoms with Crippen molar-refractivity contribution < 1.29 is 13.9 Å². The Labute approximate surface area is 125 Å². The van der Waals surface area contributed by atoms with Gasteiger partial charge in [0.2, 0.25) is 0 Å². The number of aromatic nitrogens is 1. The van der Waals surface area contributed by atoms with E-state index in [0.29, 0.717) is 19.1 Å². The fourth-order valence-corrected chi connectivity index (χ4v) is 3.28. The number of nitrogens with zero attached hydrogens (tertiary/aromatic N) is 1. The van der Waals surface area contributed by atoms with Crippen LogP contribution < -0.4 is 5.32 Å². The van der Waals surface area contributed by atoms with Crippen LogP contribution in [-0.2, 0) is 11.2 Å². The highest BCUT2D eigenvalue weighted by atomic mass is 16.5. The number of ether oxygens (including phenoxy) is 1. The molecule has 0 atom stereocenters. The normalized spacial score (nSPS) is 21.3. The van der Waals surface area contributed by atoms with Crippen LogP contribution in [0.3, 0.4) is 0 Å². The summed E-state index contributed by atoms with van der Waals surface area (Å²) in [5.41, 5.74) is 0.916. The second kappa shape index (κ2) is 7.07. The van der Waals surface area contributed by atoms with Crippen LogP contribution in [0.4, 0.5) is 0 Å². The summed E-state index contributed by atoms with van der Waals surface area (Å²) in [6.07, 6.45) is 10.9. The van der Waals surface area contributed by atoms with Gasteiger partial charge in [-0.15, -0.1) is 0 Å². The van der Waals surface area contributed by atoms with Crippen molar-refractivity contribution in [2.45, 2.75) is 57.4 Å². The number of carbonyl (C=O) groups excluding carboxylic acids is 1. The number of hydrogen-bond acceptors (Lipinski definition) is 4. The van der Waals surface area contributed by atoms with Gasteiger partial charge < -0.3 is 14.5 Å². The Morgan fingerprint density at radius 2 is 1.95 bits per heavy atom. The predicted molar refractivity (Wildman–Crippen MR) is 78.1 cm³/mol. The minimum Gasteiger partial charge on any atom is -0.441 e. The van der Waals surface area contributed by atoms with E-state index in [1.807, 2.05) is 0 Å². The van der Waals surface area contributed by atoms with Gasteiger partial charge in [-0.1, -0.05) is 32.1 Å². The van der Waals surface area contributed by atoms with E-state index in [0.717, 1.165) is 25.0 Å². The van der Waals surface area contributed by atoms with Crippen LogP contribution in [0.25, 0.3) is 0 Å². The Morgan fingerprint density at radius 3 is 2.71 bits per heavy atom. The van der Waals surface area contributed by atoms with Crippen LogP contribution in [0.1, 0.15) is 61.3 Å². The quantitative estimate of drug-likeness (QED) is 0.926. The summed E-state index contributed by atoms with van der Waals surface area (Å²) in [4.78, 5) is 16.5. The predicted octanol–water partition coefficient (Wildman–Crippen LogP) is 2.71. The first kappa shape index (κ1) is 14.6. The van der Waals surface area contributed by atoms with Crippen molar-refractivity contribution in [1.29, 1.82) is 0 Å². The van der Waals surface area contributed by atoms with Gasteiger partial charge in [0.1, 0.15) is 6.26 Å². The average molecular weight is 292 g/mol. The molecule has 1 amide bonds. The van der Waals surface area contributed by atoms with Crippen LogP contribution in [0.2, 0.25) is 0 Å². The highest BCUT2D eigenvalue weighted by Crippen LogP contribution is 2.26. The first-order valence-electron chi connectivity index (χ1n) is 8.14. The molecule has 1 aliphatic heterocycles. The number of amides is 1. The molecule has 2 fully saturated rings. The molecule has 21 heavy (non-hydrogen) atoms. The molecule has 2 aliphatic rings. The van der Waals surface area contributed by atoms with E-state index in [-0.39, 0.29) is 17.8 Å². The second-order valence-corrected chi connectivity index (χ2v) is 6.21. The van der Waals surface area contributed by atoms with Crippen molar-refractivity contribution in [1.82, 2.24) is 10.3 Å². The summed E-state index contributed by atoms with van der Waals surface area (Å²) in [7, 11) is 0. The summed E-state index contributed by atoms with van der Waals surface area (Å²) in [5, 5.41) is 2.98. The summed E-state index contributed by atoms with van der Waals surface area (Å²) in [6.45, 7) is 1.42. The maximum Gasteiger partial charge on any atom is 0.307 e. The molecular weight excluding hydrogens is 268 g/mol. The van der Waals surface area contributed by atoms with Gasteiger partial charge in [-0.2, -0.15) is 0 Å². The first-order chi connectivity index (χ1) is 10.3. The van der Waals surface area contributed by atoms with Crippen molar-refractivity contribution >= 4 is 5.91 Å². The van der Waals surface area contributed by atoms with Crippen LogP contribution in [0.15, 0.2) is 10.7 Å². The number of nitrogens with one attached hydrogen (secondary N) is 1. The lowest BCUT2D eigenvalue weighted by atomic mass is 9.86. The van der Waals surface area contributed by atoms with E-state index in [4.69, 9.17) is 9.15 Å². The third-order valence-corrected chi connectivity index (χ3v) is 4.53. The van der Waals surface area contributed by atoms with Crippen molar-refractivity contribution in [2.75, 3.05) is 13.2 Å². The summed E-state index contributed by atoms with van der Waals surface area (Å²) >= 11 is 0. The average Bonchev–Trinajstić information content (AvgIpc) is 2.98. The summed E-state index contributed by atoms with van der Waals surface area (Å²) in [6, 6.07) is 0.181. The van der Waals surface area contributed by atoms with E-state index < -0.39 is 0 Å². The fourth-order valence-electron chi connectivity index (χ4n) is 3.28. The van der Waals surface area contributed by atoms with Crippen molar-refractivity contribution in [3.63, 3.8) is 0 Å². The highest BCUT2D eigenvalue weighted by molar-refractivity contribution is 5.89. The standard InChI is InChI=1S/C16H24N2O3/c19-15(17-13-6-8-20-9-7-13)16-18-14(11-21-16)10-12-4-2-1-3-5-12/h11-13H,1-10H2,(H,17,19). The first-order valence-corrected chi connectivity index (χ1v) is 8.14. The van der Waals surface area contributed by atoms with Gasteiger partial charge in [-0.3, -0.25) is 4.79 Å². The maximum atomic E-state index is 12.1. The van der Waals surface area contributed by atoms with Crippen LogP contribution in [0.5, 0.6) is 0 Å². The molecule has 5 heteroatoms. The molecule has 1 aliphatic carbocycles. The molecule has 1 saturated carbocycles. The zero-order valence-electron chi connectivity index (χ0n) is 12.5. The monoisotopic (exact) mass is 292 g/mol. The zero-order chi connectivity index (χ0) is 14.5. The lowest BCUT2D eigenvalue weighted by Crippen LogP contribution is -2.39. The molecular formula is C16H24N2O3. The Morgan fingerprint density at radius 1 is 1.19 bits per heavy atom. The molecule has 0 radical (unpaired) electrons. The van der Waals surface area contributed by atoms with Crippen LogP contribution in [-0.4, -0.2) is 30.1 Å². The minimum atomic E-state index is -0.197. The van der Waals surface area contributed by atoms with Crippen molar-refractivity contribution in [3.05, 3.63) is 17.8 Å². The van der Waals surface area contributed by atoms with Gasteiger partial charge in [0.15, 0.2) is 0 Å². The minimum absolute atomic E-state index is 0.181. The molecule has 1 N–H and O–H groups in total. The second-order valence-electron chi connectivity index (χ2n) is 6.21. The molecule has 3 rings (SSSR count). The Bertz CT molecular complexity index is 460. The van der Waals surface area contributed by atoms with Gasteiger partial charge in [0, 0.05) is 19.3 Å². The van der Waals surface area contributed by atoms with Gasteiger partial charge in [0.05, 0.1) is 5.69 Å². The molecule has 0 bridgehead atoms. The summed E-state index contributed by atoms with van der Waals surface area (Å²) < 4.78 is 10.6. The van der Waals surface area contributed by atoms with E-state index >= 15 is 0 Å². The number of hydrogen-bond donors (Lipinski definition) is 1. The van der Waals surface area contributed by atoms with E-state index in [9.17, 15) is 4.79 Å². The molecule has 0 aromatic carbocycles. The molecule has 1 saturated heterocycles. The van der Waals surface area contributed by atoms with Gasteiger partial charge in [0.25, 0.3) is 5.89 Å². The molecule has 1 aromatic rings. The maximum absolute atomic E-state index is 12.1. The van der Waals surface area contributed by atoms with Crippen molar-refractivity contribution in [2.24, 2.45) is 5.92 Å². The van der Waals surface area contributed by atoms with Gasteiger partial charge in [-0.25, -0.2) is 4.98 Å². The number of carbonyl (C=O) groups is 1. The number of rotatable bonds is 4. The Kier molecular flexibility index (Phi) is 4.91. The van der Waals surface area contributed by atoms with E-state index in [2.05, 4.69) is 10.3 Å². The lowest BCUT2D eigenvalue weighted by molar-refractivity contribution is 0.0680. The molecule has 5 nitrogen and oxygen atoms in total. The number of oxazole rings is 1. The van der Waals surface area contributed by atoms with Gasteiger partial charge in [-0.05, 0) is 25.2 Å². The lowest BCUT2D eigenvalue weighted by Gasteiger charge is -2.22. The van der Waals surface area contributed by atoms with Crippen LogP contribution in [0, 0.1) is 5.92 Å². The SMILES string of the molecule is O=C(NC1CCOCC1)c1nc(CC2CCCCC2)co1. The molecule has 0 spiro atoms. The highest BCUT2D eigenvalue weighted by Gasteiger charge is 2.21. The Balaban J connectivity index is 1.52. The third-order valence-electron chi connectivity index (χ3n) is 4.53.